The van der Waals surface area contributed by atoms with Gasteiger partial charge < -0.3 is 16.2 Å². The molecule has 0 spiro atoms. The Morgan fingerprint density at radius 1 is 1.53 bits per heavy atom. The number of aromatic amines is 1. The normalized spacial score (nSPS) is 12.8. The number of hydrogen-bond donors (Lipinski definition) is 4. The van der Waals surface area contributed by atoms with Crippen molar-refractivity contribution >= 4 is 22.8 Å². The highest BCUT2D eigenvalue weighted by Crippen LogP contribution is 2.20. The van der Waals surface area contributed by atoms with Gasteiger partial charge in [0, 0.05) is 12.6 Å². The SMILES string of the molecule is CCC(CCO)Nc1nc(N)nc2[nH]ncc12. The summed E-state index contributed by atoms with van der Waals surface area (Å²) in [6, 6.07) is 0.160. The van der Waals surface area contributed by atoms with Crippen molar-refractivity contribution in [2.75, 3.05) is 17.7 Å². The first kappa shape index (κ1) is 11.6. The average molecular weight is 236 g/mol. The minimum Gasteiger partial charge on any atom is -0.396 e. The third-order valence-corrected chi connectivity index (χ3v) is 2.64. The predicted octanol–water partition coefficient (Wildman–Crippen LogP) is 0.508. The van der Waals surface area contributed by atoms with Gasteiger partial charge in [-0.2, -0.15) is 15.1 Å². The highest BCUT2D eigenvalue weighted by molar-refractivity contribution is 5.86. The second-order valence-corrected chi connectivity index (χ2v) is 3.82. The molecule has 17 heavy (non-hydrogen) atoms. The lowest BCUT2D eigenvalue weighted by atomic mass is 10.1. The van der Waals surface area contributed by atoms with Crippen molar-refractivity contribution in [2.45, 2.75) is 25.8 Å². The maximum absolute atomic E-state index is 8.96. The summed E-state index contributed by atoms with van der Waals surface area (Å²) >= 11 is 0. The van der Waals surface area contributed by atoms with E-state index in [0.717, 1.165) is 11.8 Å². The van der Waals surface area contributed by atoms with Gasteiger partial charge in [-0.3, -0.25) is 5.10 Å². The van der Waals surface area contributed by atoms with Crippen molar-refractivity contribution in [3.8, 4) is 0 Å². The van der Waals surface area contributed by atoms with Crippen LogP contribution in [0.1, 0.15) is 19.8 Å². The number of nitrogen functional groups attached to an aromatic ring is 1. The summed E-state index contributed by atoms with van der Waals surface area (Å²) in [6.07, 6.45) is 3.21. The van der Waals surface area contributed by atoms with Gasteiger partial charge in [-0.05, 0) is 12.8 Å². The van der Waals surface area contributed by atoms with Gasteiger partial charge in [0.25, 0.3) is 0 Å². The van der Waals surface area contributed by atoms with Gasteiger partial charge in [0.05, 0.1) is 11.6 Å². The Morgan fingerprint density at radius 2 is 2.35 bits per heavy atom. The highest BCUT2D eigenvalue weighted by Gasteiger charge is 2.11. The molecule has 1 atom stereocenters. The molecule has 1 unspecified atom stereocenters. The Bertz CT molecular complexity index is 497. The Kier molecular flexibility index (Phi) is 3.38. The molecule has 2 aromatic rings. The topological polar surface area (TPSA) is 113 Å². The van der Waals surface area contributed by atoms with Crippen LogP contribution < -0.4 is 11.1 Å². The third kappa shape index (κ3) is 2.44. The van der Waals surface area contributed by atoms with Crippen LogP contribution in [-0.2, 0) is 0 Å². The molecule has 0 aliphatic heterocycles. The number of nitrogens with two attached hydrogens (primary N) is 1. The summed E-state index contributed by atoms with van der Waals surface area (Å²) in [4.78, 5) is 8.19. The zero-order chi connectivity index (χ0) is 12.3. The van der Waals surface area contributed by atoms with E-state index in [1.807, 2.05) is 6.92 Å². The second-order valence-electron chi connectivity index (χ2n) is 3.82. The van der Waals surface area contributed by atoms with Crippen LogP contribution in [0.5, 0.6) is 0 Å². The van der Waals surface area contributed by atoms with Gasteiger partial charge in [-0.15, -0.1) is 0 Å². The fraction of sp³-hybridized carbons (Fsp3) is 0.500. The number of fused-ring (bicyclic) bond motifs is 1. The summed E-state index contributed by atoms with van der Waals surface area (Å²) in [7, 11) is 0. The third-order valence-electron chi connectivity index (χ3n) is 2.64. The molecule has 0 radical (unpaired) electrons. The van der Waals surface area contributed by atoms with Crippen LogP contribution in [0.25, 0.3) is 11.0 Å². The lowest BCUT2D eigenvalue weighted by molar-refractivity contribution is 0.278. The fourth-order valence-corrected chi connectivity index (χ4v) is 1.69. The Balaban J connectivity index is 2.30. The average Bonchev–Trinajstić information content (AvgIpc) is 2.76. The largest absolute Gasteiger partial charge is 0.396 e. The summed E-state index contributed by atoms with van der Waals surface area (Å²) in [6.45, 7) is 2.19. The Labute approximate surface area is 98.5 Å². The van der Waals surface area contributed by atoms with E-state index in [9.17, 15) is 0 Å². The fourth-order valence-electron chi connectivity index (χ4n) is 1.69. The van der Waals surface area contributed by atoms with Crippen LogP contribution in [-0.4, -0.2) is 37.9 Å². The molecule has 5 N–H and O–H groups in total. The molecule has 0 saturated heterocycles. The molecular weight excluding hydrogens is 220 g/mol. The van der Waals surface area contributed by atoms with E-state index < -0.39 is 0 Å². The summed E-state index contributed by atoms with van der Waals surface area (Å²) in [5.41, 5.74) is 6.23. The molecule has 2 rings (SSSR count). The highest BCUT2D eigenvalue weighted by atomic mass is 16.3. The Hall–Kier alpha value is -1.89. The molecule has 2 heterocycles. The molecule has 0 bridgehead atoms. The quantitative estimate of drug-likeness (QED) is 0.601. The van der Waals surface area contributed by atoms with Crippen LogP contribution in [0.3, 0.4) is 0 Å². The molecule has 0 saturated carbocycles. The van der Waals surface area contributed by atoms with E-state index >= 15 is 0 Å². The first-order valence-electron chi connectivity index (χ1n) is 5.58. The number of aliphatic hydroxyl groups excluding tert-OH is 1. The van der Waals surface area contributed by atoms with E-state index in [0.29, 0.717) is 17.9 Å². The van der Waals surface area contributed by atoms with Crippen molar-refractivity contribution < 1.29 is 5.11 Å². The minimum atomic E-state index is 0.139. The van der Waals surface area contributed by atoms with Crippen molar-refractivity contribution in [2.24, 2.45) is 0 Å². The number of aliphatic hydroxyl groups is 1. The van der Waals surface area contributed by atoms with Gasteiger partial charge >= 0.3 is 0 Å². The van der Waals surface area contributed by atoms with Gasteiger partial charge in [0.1, 0.15) is 5.82 Å². The van der Waals surface area contributed by atoms with E-state index in [1.165, 1.54) is 0 Å². The Morgan fingerprint density at radius 3 is 3.06 bits per heavy atom. The second kappa shape index (κ2) is 4.96. The van der Waals surface area contributed by atoms with Crippen molar-refractivity contribution in [3.05, 3.63) is 6.20 Å². The van der Waals surface area contributed by atoms with Gasteiger partial charge in [-0.25, -0.2) is 0 Å². The standard InChI is InChI=1S/C10H16N6O/c1-2-6(3-4-17)13-8-7-5-12-16-9(7)15-10(11)14-8/h5-6,17H,2-4H2,1H3,(H4,11,12,13,14,15,16). The van der Waals surface area contributed by atoms with E-state index in [1.54, 1.807) is 6.20 Å². The molecule has 0 fully saturated rings. The van der Waals surface area contributed by atoms with Crippen LogP contribution >= 0.6 is 0 Å². The molecule has 0 aliphatic rings. The molecule has 92 valence electrons. The maximum atomic E-state index is 8.96. The number of H-pyrrole nitrogens is 1. The van der Waals surface area contributed by atoms with Crippen LogP contribution in [0.2, 0.25) is 0 Å². The van der Waals surface area contributed by atoms with Crippen LogP contribution in [0.15, 0.2) is 6.20 Å². The molecule has 0 amide bonds. The summed E-state index contributed by atoms with van der Waals surface area (Å²) in [5, 5.41) is 19.7. The van der Waals surface area contributed by atoms with Gasteiger partial charge in [0.2, 0.25) is 5.95 Å². The monoisotopic (exact) mass is 236 g/mol. The number of nitrogens with zero attached hydrogens (tertiary/aromatic N) is 3. The van der Waals surface area contributed by atoms with Gasteiger partial charge in [0.15, 0.2) is 5.65 Å². The smallest absolute Gasteiger partial charge is 0.224 e. The molecule has 0 aliphatic carbocycles. The molecular formula is C10H16N6O. The van der Waals surface area contributed by atoms with E-state index in [4.69, 9.17) is 10.8 Å². The maximum Gasteiger partial charge on any atom is 0.224 e. The molecule has 2 aromatic heterocycles. The first-order valence-corrected chi connectivity index (χ1v) is 5.58. The van der Waals surface area contributed by atoms with E-state index in [-0.39, 0.29) is 18.6 Å². The van der Waals surface area contributed by atoms with Crippen molar-refractivity contribution in [1.29, 1.82) is 0 Å². The number of nitrogens with one attached hydrogen (secondary N) is 2. The number of anilines is 2. The number of hydrogen-bond acceptors (Lipinski definition) is 6. The predicted molar refractivity (Wildman–Crippen MR) is 65.5 cm³/mol. The lowest BCUT2D eigenvalue weighted by Gasteiger charge is -2.16. The minimum absolute atomic E-state index is 0.139. The molecule has 7 nitrogen and oxygen atoms in total. The number of rotatable bonds is 5. The number of aromatic nitrogens is 4. The molecule has 7 heteroatoms. The van der Waals surface area contributed by atoms with Gasteiger partial charge in [-0.1, -0.05) is 6.92 Å². The first-order chi connectivity index (χ1) is 8.24. The molecule has 0 aromatic carbocycles. The lowest BCUT2D eigenvalue weighted by Crippen LogP contribution is -2.21. The van der Waals surface area contributed by atoms with Crippen LogP contribution in [0, 0.1) is 0 Å². The van der Waals surface area contributed by atoms with E-state index in [2.05, 4.69) is 25.5 Å². The van der Waals surface area contributed by atoms with Crippen molar-refractivity contribution in [3.63, 3.8) is 0 Å². The summed E-state index contributed by atoms with van der Waals surface area (Å²) < 4.78 is 0. The van der Waals surface area contributed by atoms with Crippen LogP contribution in [0.4, 0.5) is 11.8 Å². The van der Waals surface area contributed by atoms with Crippen molar-refractivity contribution in [1.82, 2.24) is 20.2 Å². The zero-order valence-corrected chi connectivity index (χ0v) is 9.64. The summed E-state index contributed by atoms with van der Waals surface area (Å²) in [5.74, 6) is 0.852. The zero-order valence-electron chi connectivity index (χ0n) is 9.64.